The maximum absolute atomic E-state index is 12.0. The van der Waals surface area contributed by atoms with Crippen LogP contribution in [0.5, 0.6) is 0 Å². The molecule has 0 aliphatic heterocycles. The molecule has 2 aromatic heterocycles. The standard InChI is InChI=1S/C15H16N4O2.2HNO3/c1-2-13(18-14(20)11-5-3-7-16-9-11)19-15(21)12-6-4-8-17-10-12;2*2-1(3)4/h3-10,13H,2H2,1H3,(H,18,20)(H,19,21);2*(H,2,3,4). The largest absolute Gasteiger partial charge is 0.332 e. The third-order valence-corrected chi connectivity index (χ3v) is 2.87. The summed E-state index contributed by atoms with van der Waals surface area (Å²) in [5.74, 6) is -0.553. The average Bonchev–Trinajstić information content (AvgIpc) is 2.67. The number of hydrogen-bond donors (Lipinski definition) is 4. The highest BCUT2D eigenvalue weighted by Gasteiger charge is 2.15. The summed E-state index contributed by atoms with van der Waals surface area (Å²) in [5, 5.41) is 32.8. The molecular weight excluding hydrogens is 392 g/mol. The first-order valence-electron chi connectivity index (χ1n) is 7.75. The molecule has 0 aliphatic rings. The van der Waals surface area contributed by atoms with Crippen LogP contribution in [-0.4, -0.2) is 48.5 Å². The van der Waals surface area contributed by atoms with Gasteiger partial charge in [0.2, 0.25) is 0 Å². The lowest BCUT2D eigenvalue weighted by molar-refractivity contribution is -0.742. The molecule has 14 heteroatoms. The van der Waals surface area contributed by atoms with Crippen molar-refractivity contribution in [1.29, 1.82) is 0 Å². The highest BCUT2D eigenvalue weighted by atomic mass is 16.9. The van der Waals surface area contributed by atoms with Crippen LogP contribution in [0.3, 0.4) is 0 Å². The Kier molecular flexibility index (Phi) is 11.7. The van der Waals surface area contributed by atoms with E-state index < -0.39 is 16.3 Å². The molecule has 4 N–H and O–H groups in total. The second kappa shape index (κ2) is 13.8. The zero-order chi connectivity index (χ0) is 22.2. The first kappa shape index (κ1) is 24.6. The molecule has 14 nitrogen and oxygen atoms in total. The van der Waals surface area contributed by atoms with Crippen LogP contribution in [-0.2, 0) is 0 Å². The van der Waals surface area contributed by atoms with Crippen molar-refractivity contribution < 1.29 is 30.2 Å². The Labute approximate surface area is 163 Å². The second-order valence-corrected chi connectivity index (χ2v) is 4.87. The summed E-state index contributed by atoms with van der Waals surface area (Å²) in [6.07, 6.45) is 6.26. The van der Waals surface area contributed by atoms with Crippen molar-refractivity contribution >= 4 is 11.8 Å². The quantitative estimate of drug-likeness (QED) is 0.307. The van der Waals surface area contributed by atoms with Crippen LogP contribution < -0.4 is 10.6 Å². The summed E-state index contributed by atoms with van der Waals surface area (Å²) in [6.45, 7) is 1.87. The Morgan fingerprint density at radius 1 is 0.966 bits per heavy atom. The number of pyridine rings is 2. The molecule has 0 atom stereocenters. The maximum atomic E-state index is 12.0. The van der Waals surface area contributed by atoms with E-state index in [1.807, 2.05) is 6.92 Å². The predicted molar refractivity (Wildman–Crippen MR) is 95.0 cm³/mol. The lowest BCUT2D eigenvalue weighted by Crippen LogP contribution is -2.47. The molecule has 0 saturated carbocycles. The van der Waals surface area contributed by atoms with Crippen molar-refractivity contribution in [3.05, 3.63) is 80.4 Å². The van der Waals surface area contributed by atoms with E-state index in [1.54, 1.807) is 36.7 Å². The van der Waals surface area contributed by atoms with Gasteiger partial charge in [0, 0.05) is 24.8 Å². The van der Waals surface area contributed by atoms with Crippen molar-refractivity contribution in [2.75, 3.05) is 0 Å². The second-order valence-electron chi connectivity index (χ2n) is 4.87. The molecule has 0 fully saturated rings. The number of carbonyl (C=O) groups excluding carboxylic acids is 2. The minimum absolute atomic E-state index is 0.276. The van der Waals surface area contributed by atoms with Gasteiger partial charge >= 0.3 is 0 Å². The average molecular weight is 410 g/mol. The first-order chi connectivity index (χ1) is 13.7. The summed E-state index contributed by atoms with van der Waals surface area (Å²) in [6, 6.07) is 6.70. The van der Waals surface area contributed by atoms with Crippen molar-refractivity contribution in [2.45, 2.75) is 19.5 Å². The molecular formula is C15H18N6O8. The van der Waals surface area contributed by atoms with E-state index in [4.69, 9.17) is 30.6 Å². The summed E-state index contributed by atoms with van der Waals surface area (Å²) in [4.78, 5) is 48.5. The molecule has 0 bridgehead atoms. The maximum Gasteiger partial charge on any atom is 0.291 e. The van der Waals surface area contributed by atoms with E-state index in [9.17, 15) is 9.59 Å². The molecule has 2 rings (SSSR count). The Hall–Kier alpha value is -4.36. The van der Waals surface area contributed by atoms with Crippen molar-refractivity contribution in [2.24, 2.45) is 0 Å². The minimum Gasteiger partial charge on any atom is -0.332 e. The molecule has 0 radical (unpaired) electrons. The van der Waals surface area contributed by atoms with Gasteiger partial charge < -0.3 is 21.0 Å². The van der Waals surface area contributed by atoms with E-state index in [0.717, 1.165) is 0 Å². The molecule has 156 valence electrons. The monoisotopic (exact) mass is 410 g/mol. The SMILES string of the molecule is CCC(NC(=O)c1cccnc1)NC(=O)c1cccnc1.O=[N+]([O-])O.O=[N+]([O-])O. The van der Waals surface area contributed by atoms with Gasteiger partial charge in [0.1, 0.15) is 6.17 Å². The molecule has 0 aliphatic carbocycles. The van der Waals surface area contributed by atoms with Gasteiger partial charge in [-0.25, -0.2) is 0 Å². The van der Waals surface area contributed by atoms with E-state index in [-0.39, 0.29) is 11.8 Å². The van der Waals surface area contributed by atoms with Crippen molar-refractivity contribution in [1.82, 2.24) is 20.6 Å². The smallest absolute Gasteiger partial charge is 0.291 e. The molecule has 0 saturated heterocycles. The fourth-order valence-corrected chi connectivity index (χ4v) is 1.72. The normalized spacial score (nSPS) is 9.03. The molecule has 0 unspecified atom stereocenters. The number of carbonyl (C=O) groups is 2. The zero-order valence-corrected chi connectivity index (χ0v) is 15.0. The zero-order valence-electron chi connectivity index (χ0n) is 15.0. The first-order valence-corrected chi connectivity index (χ1v) is 7.75. The summed E-state index contributed by atoms with van der Waals surface area (Å²) >= 11 is 0. The predicted octanol–water partition coefficient (Wildman–Crippen LogP) is 0.677. The number of aromatic nitrogens is 2. The van der Waals surface area contributed by atoms with Crippen LogP contribution in [0.1, 0.15) is 34.1 Å². The number of hydrogen-bond acceptors (Lipinski definition) is 8. The van der Waals surface area contributed by atoms with Crippen molar-refractivity contribution in [3.63, 3.8) is 0 Å². The summed E-state index contributed by atoms with van der Waals surface area (Å²) in [7, 11) is 0. The van der Waals surface area contributed by atoms with Gasteiger partial charge in [-0.2, -0.15) is 0 Å². The van der Waals surface area contributed by atoms with E-state index >= 15 is 0 Å². The Morgan fingerprint density at radius 3 is 1.55 bits per heavy atom. The van der Waals surface area contributed by atoms with Gasteiger partial charge in [0.25, 0.3) is 22.0 Å². The summed E-state index contributed by atoms with van der Waals surface area (Å²) < 4.78 is 0. The molecule has 0 aromatic carbocycles. The van der Waals surface area contributed by atoms with Gasteiger partial charge in [0.15, 0.2) is 0 Å². The number of amides is 2. The topological polar surface area (TPSA) is 211 Å². The lowest BCUT2D eigenvalue weighted by atomic mass is 10.2. The number of nitrogens with zero attached hydrogens (tertiary/aromatic N) is 4. The fraction of sp³-hybridized carbons (Fsp3) is 0.200. The number of nitrogens with one attached hydrogen (secondary N) is 2. The van der Waals surface area contributed by atoms with Gasteiger partial charge in [-0.05, 0) is 30.7 Å². The summed E-state index contributed by atoms with van der Waals surface area (Å²) in [5.41, 5.74) is 0.901. The Balaban J connectivity index is 0.000000837. The molecule has 2 heterocycles. The lowest BCUT2D eigenvalue weighted by Gasteiger charge is -2.18. The van der Waals surface area contributed by atoms with E-state index in [1.165, 1.54) is 12.4 Å². The highest BCUT2D eigenvalue weighted by molar-refractivity contribution is 5.96. The van der Waals surface area contributed by atoms with Gasteiger partial charge in [-0.15, -0.1) is 20.2 Å². The number of rotatable bonds is 5. The van der Waals surface area contributed by atoms with Gasteiger partial charge in [-0.3, -0.25) is 19.6 Å². The van der Waals surface area contributed by atoms with Crippen LogP contribution in [0.25, 0.3) is 0 Å². The third kappa shape index (κ3) is 12.6. The third-order valence-electron chi connectivity index (χ3n) is 2.87. The van der Waals surface area contributed by atoms with Gasteiger partial charge in [-0.1, -0.05) is 6.92 Å². The van der Waals surface area contributed by atoms with Crippen LogP contribution >= 0.6 is 0 Å². The fourth-order valence-electron chi connectivity index (χ4n) is 1.72. The van der Waals surface area contributed by atoms with Crippen LogP contribution in [0.2, 0.25) is 0 Å². The van der Waals surface area contributed by atoms with Crippen LogP contribution in [0.15, 0.2) is 49.1 Å². The van der Waals surface area contributed by atoms with Crippen molar-refractivity contribution in [3.8, 4) is 0 Å². The highest BCUT2D eigenvalue weighted by Crippen LogP contribution is 2.00. The Bertz CT molecular complexity index is 716. The molecule has 29 heavy (non-hydrogen) atoms. The minimum atomic E-state index is -1.50. The van der Waals surface area contributed by atoms with E-state index in [0.29, 0.717) is 17.5 Å². The van der Waals surface area contributed by atoms with E-state index in [2.05, 4.69) is 20.6 Å². The molecule has 2 amide bonds. The van der Waals surface area contributed by atoms with Crippen LogP contribution in [0.4, 0.5) is 0 Å². The molecule has 2 aromatic rings. The Morgan fingerprint density at radius 2 is 1.31 bits per heavy atom. The van der Waals surface area contributed by atoms with Crippen LogP contribution in [0, 0.1) is 20.2 Å². The molecule has 0 spiro atoms. The van der Waals surface area contributed by atoms with Gasteiger partial charge in [0.05, 0.1) is 11.1 Å².